The fraction of sp³-hybridized carbons (Fsp3) is 0.682. The second-order valence-electron chi connectivity index (χ2n) is 7.62. The minimum absolute atomic E-state index is 0.0532. The molecule has 0 radical (unpaired) electrons. The molecule has 0 aromatic heterocycles. The summed E-state index contributed by atoms with van der Waals surface area (Å²) in [5.41, 5.74) is 1.70. The van der Waals surface area contributed by atoms with Crippen LogP contribution in [0.3, 0.4) is 0 Å². The molecule has 1 aromatic carbocycles. The summed E-state index contributed by atoms with van der Waals surface area (Å²) in [4.78, 5) is 6.80. The van der Waals surface area contributed by atoms with E-state index in [2.05, 4.69) is 39.4 Å². The largest absolute Gasteiger partial charge is 0.411 e. The Hall–Kier alpha value is -1.80. The highest BCUT2D eigenvalue weighted by atomic mass is 19.4. The Balaban J connectivity index is 2.30. The molecule has 0 spiro atoms. The quantitative estimate of drug-likeness (QED) is 0.262. The SMILES string of the molecule is CCNC(=NCc1ccc(COCC(F)(F)F)cc1)NCCCCCCCN(C)C. The summed E-state index contributed by atoms with van der Waals surface area (Å²) in [6.07, 6.45) is 1.79. The van der Waals surface area contributed by atoms with E-state index in [1.807, 2.05) is 19.1 Å². The number of rotatable bonds is 14. The molecule has 0 aliphatic heterocycles. The van der Waals surface area contributed by atoms with Crippen molar-refractivity contribution in [3.63, 3.8) is 0 Å². The topological polar surface area (TPSA) is 48.9 Å². The van der Waals surface area contributed by atoms with Crippen LogP contribution in [0.2, 0.25) is 0 Å². The van der Waals surface area contributed by atoms with Crippen LogP contribution in [0.15, 0.2) is 29.3 Å². The zero-order chi connectivity index (χ0) is 22.2. The maximum atomic E-state index is 12.1. The van der Waals surface area contributed by atoms with Gasteiger partial charge in [-0.2, -0.15) is 13.2 Å². The third kappa shape index (κ3) is 14.2. The summed E-state index contributed by atoms with van der Waals surface area (Å²) in [5.74, 6) is 0.780. The van der Waals surface area contributed by atoms with Crippen LogP contribution in [0.1, 0.15) is 50.2 Å². The average molecular weight is 431 g/mol. The first-order valence-electron chi connectivity index (χ1n) is 10.7. The third-order valence-corrected chi connectivity index (χ3v) is 4.40. The number of aliphatic imine (C=N–C) groups is 1. The van der Waals surface area contributed by atoms with Gasteiger partial charge < -0.3 is 20.3 Å². The fourth-order valence-electron chi connectivity index (χ4n) is 2.83. The summed E-state index contributed by atoms with van der Waals surface area (Å²) in [6, 6.07) is 7.29. The van der Waals surface area contributed by atoms with Gasteiger partial charge in [-0.15, -0.1) is 0 Å². The molecule has 0 heterocycles. The van der Waals surface area contributed by atoms with E-state index >= 15 is 0 Å². The van der Waals surface area contributed by atoms with Crippen LogP contribution in [0.5, 0.6) is 0 Å². The van der Waals surface area contributed by atoms with Crippen molar-refractivity contribution in [3.8, 4) is 0 Å². The van der Waals surface area contributed by atoms with E-state index in [1.54, 1.807) is 12.1 Å². The molecule has 30 heavy (non-hydrogen) atoms. The number of nitrogens with zero attached hydrogens (tertiary/aromatic N) is 2. The number of unbranched alkanes of at least 4 members (excludes halogenated alkanes) is 4. The first-order valence-corrected chi connectivity index (χ1v) is 10.7. The summed E-state index contributed by atoms with van der Waals surface area (Å²) in [5, 5.41) is 6.59. The molecular formula is C22H37F3N4O. The van der Waals surface area contributed by atoms with E-state index in [9.17, 15) is 13.2 Å². The molecule has 0 fully saturated rings. The van der Waals surface area contributed by atoms with Gasteiger partial charge in [-0.1, -0.05) is 43.5 Å². The highest BCUT2D eigenvalue weighted by Gasteiger charge is 2.27. The Labute approximate surface area is 179 Å². The Kier molecular flexibility index (Phi) is 13.2. The predicted octanol–water partition coefficient (Wildman–Crippen LogP) is 4.33. The van der Waals surface area contributed by atoms with Crippen molar-refractivity contribution < 1.29 is 17.9 Å². The lowest BCUT2D eigenvalue weighted by atomic mass is 10.1. The maximum absolute atomic E-state index is 12.1. The van der Waals surface area contributed by atoms with Gasteiger partial charge in [0.1, 0.15) is 6.61 Å². The molecular weight excluding hydrogens is 393 g/mol. The Morgan fingerprint density at radius 3 is 2.23 bits per heavy atom. The zero-order valence-electron chi connectivity index (χ0n) is 18.5. The molecule has 172 valence electrons. The average Bonchev–Trinajstić information content (AvgIpc) is 2.68. The number of alkyl halides is 3. The zero-order valence-corrected chi connectivity index (χ0v) is 18.5. The molecule has 0 amide bonds. The molecule has 0 bridgehead atoms. The molecule has 0 aliphatic rings. The normalized spacial score (nSPS) is 12.4. The minimum atomic E-state index is -4.30. The second-order valence-corrected chi connectivity index (χ2v) is 7.62. The van der Waals surface area contributed by atoms with Crippen LogP contribution >= 0.6 is 0 Å². The molecule has 1 aromatic rings. The van der Waals surface area contributed by atoms with Gasteiger partial charge in [0.2, 0.25) is 0 Å². The summed E-state index contributed by atoms with van der Waals surface area (Å²) in [6.45, 7) is 4.06. The summed E-state index contributed by atoms with van der Waals surface area (Å²) in [7, 11) is 4.21. The number of hydrogen-bond acceptors (Lipinski definition) is 3. The van der Waals surface area contributed by atoms with E-state index < -0.39 is 12.8 Å². The molecule has 2 N–H and O–H groups in total. The van der Waals surface area contributed by atoms with Crippen molar-refractivity contribution in [1.82, 2.24) is 15.5 Å². The number of benzene rings is 1. The highest BCUT2D eigenvalue weighted by Crippen LogP contribution is 2.16. The van der Waals surface area contributed by atoms with Crippen LogP contribution in [0.25, 0.3) is 0 Å². The third-order valence-electron chi connectivity index (χ3n) is 4.40. The first-order chi connectivity index (χ1) is 14.3. The van der Waals surface area contributed by atoms with Crippen molar-refractivity contribution in [2.75, 3.05) is 40.3 Å². The van der Waals surface area contributed by atoms with E-state index in [-0.39, 0.29) is 6.61 Å². The fourth-order valence-corrected chi connectivity index (χ4v) is 2.83. The van der Waals surface area contributed by atoms with Gasteiger partial charge in [0.05, 0.1) is 13.2 Å². The van der Waals surface area contributed by atoms with Gasteiger partial charge in [0.15, 0.2) is 5.96 Å². The number of guanidine groups is 1. The second kappa shape index (κ2) is 15.1. The lowest BCUT2D eigenvalue weighted by Crippen LogP contribution is -2.37. The van der Waals surface area contributed by atoms with Crippen LogP contribution in [-0.4, -0.2) is 57.4 Å². The van der Waals surface area contributed by atoms with Gasteiger partial charge in [0, 0.05) is 13.1 Å². The van der Waals surface area contributed by atoms with Crippen LogP contribution in [0, 0.1) is 0 Å². The standard InChI is InChI=1S/C22H37F3N4O/c1-4-26-21(27-14-8-6-5-7-9-15-29(2)3)28-16-19-10-12-20(13-11-19)17-30-18-22(23,24)25/h10-13H,4-9,14-18H2,1-3H3,(H2,26,27,28). The summed E-state index contributed by atoms with van der Waals surface area (Å²) < 4.78 is 41.0. The number of nitrogens with one attached hydrogen (secondary N) is 2. The monoisotopic (exact) mass is 430 g/mol. The number of halogens is 3. The molecule has 0 unspecified atom stereocenters. The molecule has 0 atom stereocenters. The van der Waals surface area contributed by atoms with Crippen molar-refractivity contribution in [2.45, 2.75) is 58.4 Å². The van der Waals surface area contributed by atoms with Gasteiger partial charge in [-0.3, -0.25) is 0 Å². The van der Waals surface area contributed by atoms with E-state index in [1.165, 1.54) is 25.7 Å². The van der Waals surface area contributed by atoms with Crippen molar-refractivity contribution in [1.29, 1.82) is 0 Å². The summed E-state index contributed by atoms with van der Waals surface area (Å²) >= 11 is 0. The molecule has 8 heteroatoms. The molecule has 1 rings (SSSR count). The van der Waals surface area contributed by atoms with Gasteiger partial charge in [-0.25, -0.2) is 4.99 Å². The predicted molar refractivity (Wildman–Crippen MR) is 117 cm³/mol. The maximum Gasteiger partial charge on any atom is 0.411 e. The number of ether oxygens (including phenoxy) is 1. The van der Waals surface area contributed by atoms with Crippen molar-refractivity contribution >= 4 is 5.96 Å². The highest BCUT2D eigenvalue weighted by molar-refractivity contribution is 5.79. The Morgan fingerprint density at radius 2 is 1.60 bits per heavy atom. The van der Waals surface area contributed by atoms with E-state index in [0.717, 1.165) is 37.6 Å². The van der Waals surface area contributed by atoms with Gasteiger partial charge in [0.25, 0.3) is 0 Å². The van der Waals surface area contributed by atoms with E-state index in [0.29, 0.717) is 12.1 Å². The lowest BCUT2D eigenvalue weighted by Gasteiger charge is -2.12. The van der Waals surface area contributed by atoms with Crippen LogP contribution < -0.4 is 10.6 Å². The van der Waals surface area contributed by atoms with Crippen molar-refractivity contribution in [2.24, 2.45) is 4.99 Å². The minimum Gasteiger partial charge on any atom is -0.367 e. The Morgan fingerprint density at radius 1 is 0.967 bits per heavy atom. The lowest BCUT2D eigenvalue weighted by molar-refractivity contribution is -0.176. The molecule has 0 aliphatic carbocycles. The van der Waals surface area contributed by atoms with Gasteiger partial charge in [-0.05, 0) is 51.5 Å². The van der Waals surface area contributed by atoms with Crippen molar-refractivity contribution in [3.05, 3.63) is 35.4 Å². The number of hydrogen-bond donors (Lipinski definition) is 2. The molecule has 0 saturated carbocycles. The first kappa shape index (κ1) is 26.2. The Bertz CT molecular complexity index is 589. The van der Waals surface area contributed by atoms with Gasteiger partial charge >= 0.3 is 6.18 Å². The molecule has 5 nitrogen and oxygen atoms in total. The van der Waals surface area contributed by atoms with Crippen LogP contribution in [-0.2, 0) is 17.9 Å². The molecule has 0 saturated heterocycles. The smallest absolute Gasteiger partial charge is 0.367 e. The van der Waals surface area contributed by atoms with E-state index in [4.69, 9.17) is 0 Å². The van der Waals surface area contributed by atoms with Crippen LogP contribution in [0.4, 0.5) is 13.2 Å².